The number of amides is 1. The lowest BCUT2D eigenvalue weighted by Gasteiger charge is -2.16. The second-order valence-corrected chi connectivity index (χ2v) is 5.78. The van der Waals surface area contributed by atoms with Gasteiger partial charge in [-0.2, -0.15) is 0 Å². The summed E-state index contributed by atoms with van der Waals surface area (Å²) in [6, 6.07) is 16.9. The molecule has 122 valence electrons. The minimum Gasteiger partial charge on any atom is -0.347 e. The molecular formula is C20H20N2O2. The minimum atomic E-state index is -0.343. The third-order valence-corrected chi connectivity index (χ3v) is 4.22. The van der Waals surface area contributed by atoms with Crippen molar-refractivity contribution in [1.82, 2.24) is 9.88 Å². The first-order valence-corrected chi connectivity index (χ1v) is 8.09. The van der Waals surface area contributed by atoms with E-state index in [2.05, 4.69) is 5.32 Å². The molecule has 4 heteroatoms. The number of nitrogens with zero attached hydrogens (tertiary/aromatic N) is 1. The summed E-state index contributed by atoms with van der Waals surface area (Å²) in [6.07, 6.45) is 1.65. The van der Waals surface area contributed by atoms with Crippen LogP contribution in [0.3, 0.4) is 0 Å². The van der Waals surface area contributed by atoms with Crippen LogP contribution in [0.5, 0.6) is 0 Å². The Morgan fingerprint density at radius 1 is 1.08 bits per heavy atom. The Balaban J connectivity index is 1.98. The standard InChI is InChI=1S/C20H20N2O2/c1-3-22-13-17(19(23)16-11-7-8-12-18(16)22)20(24)21-14(2)15-9-5-4-6-10-15/h4-14H,3H2,1-2H3,(H,21,24). The highest BCUT2D eigenvalue weighted by atomic mass is 16.2. The van der Waals surface area contributed by atoms with Crippen molar-refractivity contribution in [3.63, 3.8) is 0 Å². The van der Waals surface area contributed by atoms with Crippen LogP contribution >= 0.6 is 0 Å². The molecule has 1 amide bonds. The fourth-order valence-electron chi connectivity index (χ4n) is 2.87. The van der Waals surface area contributed by atoms with Gasteiger partial charge in [0.15, 0.2) is 0 Å². The maximum Gasteiger partial charge on any atom is 0.257 e. The average Bonchev–Trinajstić information content (AvgIpc) is 2.63. The van der Waals surface area contributed by atoms with E-state index in [1.54, 1.807) is 12.3 Å². The van der Waals surface area contributed by atoms with Gasteiger partial charge in [0.05, 0.1) is 11.6 Å². The molecule has 1 atom stereocenters. The van der Waals surface area contributed by atoms with Gasteiger partial charge >= 0.3 is 0 Å². The van der Waals surface area contributed by atoms with Crippen molar-refractivity contribution in [2.75, 3.05) is 0 Å². The van der Waals surface area contributed by atoms with Gasteiger partial charge in [-0.1, -0.05) is 42.5 Å². The molecule has 3 aromatic rings. The number of pyridine rings is 1. The van der Waals surface area contributed by atoms with Crippen LogP contribution in [0.1, 0.15) is 35.8 Å². The first-order chi connectivity index (χ1) is 11.6. The lowest BCUT2D eigenvalue weighted by atomic mass is 10.1. The summed E-state index contributed by atoms with van der Waals surface area (Å²) >= 11 is 0. The quantitative estimate of drug-likeness (QED) is 0.800. The van der Waals surface area contributed by atoms with Gasteiger partial charge in [0, 0.05) is 18.1 Å². The van der Waals surface area contributed by atoms with Crippen LogP contribution in [0, 0.1) is 0 Å². The zero-order valence-electron chi connectivity index (χ0n) is 13.8. The Morgan fingerprint density at radius 2 is 1.75 bits per heavy atom. The van der Waals surface area contributed by atoms with Gasteiger partial charge in [-0.3, -0.25) is 9.59 Å². The van der Waals surface area contributed by atoms with E-state index in [0.717, 1.165) is 11.1 Å². The third kappa shape index (κ3) is 2.95. The normalized spacial score (nSPS) is 12.1. The predicted octanol–water partition coefficient (Wildman–Crippen LogP) is 3.51. The number of aryl methyl sites for hydroxylation is 1. The smallest absolute Gasteiger partial charge is 0.257 e. The van der Waals surface area contributed by atoms with E-state index in [1.165, 1.54) is 0 Å². The van der Waals surface area contributed by atoms with Gasteiger partial charge in [0.25, 0.3) is 5.91 Å². The van der Waals surface area contributed by atoms with Crippen molar-refractivity contribution in [3.05, 3.63) is 82.1 Å². The molecule has 0 spiro atoms. The van der Waals surface area contributed by atoms with Gasteiger partial charge in [-0.25, -0.2) is 0 Å². The Kier molecular flexibility index (Phi) is 4.47. The van der Waals surface area contributed by atoms with Crippen molar-refractivity contribution in [1.29, 1.82) is 0 Å². The van der Waals surface area contributed by atoms with E-state index >= 15 is 0 Å². The molecule has 1 N–H and O–H groups in total. The highest BCUT2D eigenvalue weighted by Gasteiger charge is 2.17. The minimum absolute atomic E-state index is 0.167. The molecule has 1 unspecified atom stereocenters. The van der Waals surface area contributed by atoms with Gasteiger partial charge < -0.3 is 9.88 Å². The van der Waals surface area contributed by atoms with E-state index in [9.17, 15) is 9.59 Å². The molecule has 2 aromatic carbocycles. The van der Waals surface area contributed by atoms with Crippen molar-refractivity contribution in [3.8, 4) is 0 Å². The third-order valence-electron chi connectivity index (χ3n) is 4.22. The van der Waals surface area contributed by atoms with Gasteiger partial charge in [0.2, 0.25) is 5.43 Å². The summed E-state index contributed by atoms with van der Waals surface area (Å²) in [5, 5.41) is 3.49. The van der Waals surface area contributed by atoms with Crippen molar-refractivity contribution < 1.29 is 4.79 Å². The Hall–Kier alpha value is -2.88. The maximum absolute atomic E-state index is 12.7. The van der Waals surface area contributed by atoms with Crippen LogP contribution in [0.25, 0.3) is 10.9 Å². The lowest BCUT2D eigenvalue weighted by molar-refractivity contribution is 0.0938. The SMILES string of the molecule is CCn1cc(C(=O)NC(C)c2ccccc2)c(=O)c2ccccc21. The maximum atomic E-state index is 12.7. The summed E-state index contributed by atoms with van der Waals surface area (Å²) in [6.45, 7) is 4.59. The number of aromatic nitrogens is 1. The number of hydrogen-bond donors (Lipinski definition) is 1. The number of fused-ring (bicyclic) bond motifs is 1. The molecule has 0 aliphatic rings. The molecule has 0 fully saturated rings. The second kappa shape index (κ2) is 6.71. The highest BCUT2D eigenvalue weighted by Crippen LogP contribution is 2.14. The molecule has 1 heterocycles. The van der Waals surface area contributed by atoms with Crippen LogP contribution in [0.2, 0.25) is 0 Å². The molecule has 24 heavy (non-hydrogen) atoms. The molecule has 0 aliphatic heterocycles. The van der Waals surface area contributed by atoms with Crippen molar-refractivity contribution >= 4 is 16.8 Å². The highest BCUT2D eigenvalue weighted by molar-refractivity contribution is 5.97. The van der Waals surface area contributed by atoms with Crippen LogP contribution in [0.15, 0.2) is 65.6 Å². The van der Waals surface area contributed by atoms with Crippen molar-refractivity contribution in [2.24, 2.45) is 0 Å². The van der Waals surface area contributed by atoms with E-state index in [0.29, 0.717) is 11.9 Å². The number of para-hydroxylation sites is 1. The predicted molar refractivity (Wildman–Crippen MR) is 96.2 cm³/mol. The molecule has 3 rings (SSSR count). The van der Waals surface area contributed by atoms with E-state index < -0.39 is 0 Å². The second-order valence-electron chi connectivity index (χ2n) is 5.78. The van der Waals surface area contributed by atoms with Crippen LogP contribution < -0.4 is 10.7 Å². The molecule has 0 saturated carbocycles. The number of rotatable bonds is 4. The van der Waals surface area contributed by atoms with Crippen LogP contribution in [-0.4, -0.2) is 10.5 Å². The van der Waals surface area contributed by atoms with Gasteiger partial charge in [0.1, 0.15) is 5.56 Å². The van der Waals surface area contributed by atoms with E-state index in [4.69, 9.17) is 0 Å². The molecular weight excluding hydrogens is 300 g/mol. The number of carbonyl (C=O) groups excluding carboxylic acids is 1. The topological polar surface area (TPSA) is 51.1 Å². The zero-order valence-corrected chi connectivity index (χ0v) is 13.8. The fourth-order valence-corrected chi connectivity index (χ4v) is 2.87. The largest absolute Gasteiger partial charge is 0.347 e. The Bertz CT molecular complexity index is 929. The summed E-state index contributed by atoms with van der Waals surface area (Å²) in [7, 11) is 0. The molecule has 4 nitrogen and oxygen atoms in total. The number of carbonyl (C=O) groups is 1. The molecule has 0 saturated heterocycles. The molecule has 1 aromatic heterocycles. The van der Waals surface area contributed by atoms with Gasteiger partial charge in [-0.15, -0.1) is 0 Å². The number of benzene rings is 2. The first kappa shape index (κ1) is 16.0. The Labute approximate surface area is 140 Å². The van der Waals surface area contributed by atoms with E-state index in [1.807, 2.05) is 66.9 Å². The van der Waals surface area contributed by atoms with Crippen LogP contribution in [-0.2, 0) is 6.54 Å². The monoisotopic (exact) mass is 320 g/mol. The number of hydrogen-bond acceptors (Lipinski definition) is 2. The average molecular weight is 320 g/mol. The summed E-state index contributed by atoms with van der Waals surface area (Å²) < 4.78 is 1.93. The number of nitrogens with one attached hydrogen (secondary N) is 1. The molecule has 0 aliphatic carbocycles. The molecule has 0 bridgehead atoms. The molecule has 0 radical (unpaired) electrons. The first-order valence-electron chi connectivity index (χ1n) is 8.09. The summed E-state index contributed by atoms with van der Waals surface area (Å²) in [5.74, 6) is -0.343. The summed E-state index contributed by atoms with van der Waals surface area (Å²) in [5.41, 5.74) is 1.80. The van der Waals surface area contributed by atoms with Crippen LogP contribution in [0.4, 0.5) is 0 Å². The van der Waals surface area contributed by atoms with Crippen molar-refractivity contribution in [2.45, 2.75) is 26.4 Å². The van der Waals surface area contributed by atoms with E-state index in [-0.39, 0.29) is 22.9 Å². The lowest BCUT2D eigenvalue weighted by Crippen LogP contribution is -2.31. The zero-order chi connectivity index (χ0) is 17.1. The Morgan fingerprint density at radius 3 is 2.46 bits per heavy atom. The fraction of sp³-hybridized carbons (Fsp3) is 0.200. The van der Waals surface area contributed by atoms with Gasteiger partial charge in [-0.05, 0) is 31.5 Å². The summed E-state index contributed by atoms with van der Waals surface area (Å²) in [4.78, 5) is 25.3.